The van der Waals surface area contributed by atoms with E-state index in [1.807, 2.05) is 0 Å². The minimum Gasteiger partial charge on any atom is -0.261 e. The summed E-state index contributed by atoms with van der Waals surface area (Å²) in [5.74, 6) is 0. The zero-order valence-electron chi connectivity index (χ0n) is 5.91. The number of nitrogens with zero attached hydrogens (tertiary/aromatic N) is 1. The maximum absolute atomic E-state index is 5.44. The lowest BCUT2D eigenvalue weighted by molar-refractivity contribution is 0.0850. The van der Waals surface area contributed by atoms with E-state index < -0.39 is 6.03 Å². The van der Waals surface area contributed by atoms with Gasteiger partial charge >= 0.3 is 6.03 Å². The Hall–Kier alpha value is 0.190. The molecule has 1 aliphatic heterocycles. The van der Waals surface area contributed by atoms with Gasteiger partial charge < -0.3 is 0 Å². The third-order valence-electron chi connectivity index (χ3n) is 1.34. The molecule has 1 heterocycles. The first kappa shape index (κ1) is 8.29. The molecule has 5 heteroatoms. The second-order valence-electron chi connectivity index (χ2n) is 2.27. The topological polar surface area (TPSA) is 54.3 Å². The van der Waals surface area contributed by atoms with Crippen LogP contribution in [-0.4, -0.2) is 16.9 Å². The maximum Gasteiger partial charge on any atom is 0.357 e. The summed E-state index contributed by atoms with van der Waals surface area (Å²) in [4.78, 5) is 8.96. The molecular weight excluding hydrogens is 152 g/mol. The Bertz CT molecular complexity index is 118. The van der Waals surface area contributed by atoms with E-state index >= 15 is 0 Å². The summed E-state index contributed by atoms with van der Waals surface area (Å²) < 4.78 is 1.54. The van der Waals surface area contributed by atoms with Crippen LogP contribution in [0.3, 0.4) is 0 Å². The van der Waals surface area contributed by atoms with E-state index in [9.17, 15) is 0 Å². The number of hydrogen-bond acceptors (Lipinski definition) is 5. The SMILES string of the molecule is CCCCN(S)C1(N)OO1. The minimum absolute atomic E-state index is 0.774. The number of hydrogen-bond donors (Lipinski definition) is 2. The second kappa shape index (κ2) is 3.06. The molecule has 1 rings (SSSR count). The first-order valence-corrected chi connectivity index (χ1v) is 3.71. The Morgan fingerprint density at radius 2 is 2.20 bits per heavy atom. The third kappa shape index (κ3) is 1.83. The highest BCUT2D eigenvalue weighted by atomic mass is 32.1. The van der Waals surface area contributed by atoms with Gasteiger partial charge in [-0.1, -0.05) is 26.2 Å². The molecule has 0 bridgehead atoms. The van der Waals surface area contributed by atoms with Crippen LogP contribution in [0.2, 0.25) is 0 Å². The molecule has 1 saturated heterocycles. The number of rotatable bonds is 4. The molecule has 10 heavy (non-hydrogen) atoms. The molecular formula is C5H12N2O2S. The lowest BCUT2D eigenvalue weighted by Gasteiger charge is -2.13. The summed E-state index contributed by atoms with van der Waals surface area (Å²) in [6.45, 7) is 2.87. The Labute approximate surface area is 65.7 Å². The van der Waals surface area contributed by atoms with Gasteiger partial charge in [0.2, 0.25) is 0 Å². The van der Waals surface area contributed by atoms with E-state index in [0.29, 0.717) is 0 Å². The van der Waals surface area contributed by atoms with E-state index in [1.165, 1.54) is 4.31 Å². The summed E-state index contributed by atoms with van der Waals surface area (Å²) in [6, 6.07) is -1.04. The van der Waals surface area contributed by atoms with Gasteiger partial charge in [0.25, 0.3) is 0 Å². The van der Waals surface area contributed by atoms with E-state index in [1.54, 1.807) is 0 Å². The third-order valence-corrected chi connectivity index (χ3v) is 1.82. The highest BCUT2D eigenvalue weighted by molar-refractivity contribution is 7.77. The van der Waals surface area contributed by atoms with Crippen molar-refractivity contribution in [3.8, 4) is 0 Å². The minimum atomic E-state index is -1.04. The zero-order chi connectivity index (χ0) is 7.61. The van der Waals surface area contributed by atoms with Gasteiger partial charge in [-0.3, -0.25) is 5.73 Å². The van der Waals surface area contributed by atoms with Crippen LogP contribution in [0.25, 0.3) is 0 Å². The van der Waals surface area contributed by atoms with Gasteiger partial charge in [0.1, 0.15) is 0 Å². The van der Waals surface area contributed by atoms with Gasteiger partial charge in [-0.15, -0.1) is 0 Å². The Kier molecular flexibility index (Phi) is 2.54. The summed E-state index contributed by atoms with van der Waals surface area (Å²) >= 11 is 4.07. The number of thiol groups is 1. The molecule has 4 nitrogen and oxygen atoms in total. The summed E-state index contributed by atoms with van der Waals surface area (Å²) in [7, 11) is 0. The van der Waals surface area contributed by atoms with Crippen molar-refractivity contribution in [3.05, 3.63) is 0 Å². The molecule has 0 aliphatic carbocycles. The van der Waals surface area contributed by atoms with E-state index in [2.05, 4.69) is 29.5 Å². The molecule has 0 aromatic carbocycles. The van der Waals surface area contributed by atoms with Crippen molar-refractivity contribution in [2.45, 2.75) is 25.8 Å². The van der Waals surface area contributed by atoms with Crippen molar-refractivity contribution in [2.24, 2.45) is 5.73 Å². The predicted molar refractivity (Wildman–Crippen MR) is 39.7 cm³/mol. The molecule has 0 radical (unpaired) electrons. The molecule has 0 spiro atoms. The summed E-state index contributed by atoms with van der Waals surface area (Å²) in [5, 5.41) is 0. The molecule has 2 N–H and O–H groups in total. The molecule has 1 aliphatic rings. The van der Waals surface area contributed by atoms with E-state index in [0.717, 1.165) is 19.4 Å². The molecule has 0 unspecified atom stereocenters. The van der Waals surface area contributed by atoms with E-state index in [-0.39, 0.29) is 0 Å². The van der Waals surface area contributed by atoms with Gasteiger partial charge in [-0.25, -0.2) is 0 Å². The van der Waals surface area contributed by atoms with Crippen LogP contribution in [0.5, 0.6) is 0 Å². The van der Waals surface area contributed by atoms with Crippen LogP contribution in [0.15, 0.2) is 0 Å². The van der Waals surface area contributed by atoms with Crippen LogP contribution >= 0.6 is 12.8 Å². The Morgan fingerprint density at radius 1 is 1.60 bits per heavy atom. The highest BCUT2D eigenvalue weighted by Gasteiger charge is 2.49. The van der Waals surface area contributed by atoms with Crippen LogP contribution < -0.4 is 5.73 Å². The number of nitrogens with two attached hydrogens (primary N) is 1. The zero-order valence-corrected chi connectivity index (χ0v) is 6.80. The average Bonchev–Trinajstić information content (AvgIpc) is 2.64. The first-order chi connectivity index (χ1) is 4.69. The first-order valence-electron chi connectivity index (χ1n) is 3.31. The van der Waals surface area contributed by atoms with Gasteiger partial charge in [0.05, 0.1) is 0 Å². The quantitative estimate of drug-likeness (QED) is 0.274. The standard InChI is InChI=1S/C5H12N2O2S/c1-2-3-4-7(10)5(6)8-9-5/h10H,2-4,6H2,1H3. The highest BCUT2D eigenvalue weighted by Crippen LogP contribution is 2.28. The lowest BCUT2D eigenvalue weighted by Crippen LogP contribution is -2.39. The van der Waals surface area contributed by atoms with Crippen molar-refractivity contribution in [3.63, 3.8) is 0 Å². The van der Waals surface area contributed by atoms with Crippen molar-refractivity contribution in [1.82, 2.24) is 4.31 Å². The second-order valence-corrected chi connectivity index (χ2v) is 2.76. The van der Waals surface area contributed by atoms with Gasteiger partial charge in [-0.2, -0.15) is 14.1 Å². The summed E-state index contributed by atoms with van der Waals surface area (Å²) in [5.41, 5.74) is 5.44. The maximum atomic E-state index is 5.44. The smallest absolute Gasteiger partial charge is 0.261 e. The molecule has 0 atom stereocenters. The molecule has 0 saturated carbocycles. The molecule has 0 amide bonds. The van der Waals surface area contributed by atoms with Crippen LogP contribution in [0.1, 0.15) is 19.8 Å². The largest absolute Gasteiger partial charge is 0.357 e. The fourth-order valence-corrected chi connectivity index (χ4v) is 0.801. The van der Waals surface area contributed by atoms with Crippen molar-refractivity contribution < 1.29 is 9.78 Å². The Morgan fingerprint density at radius 3 is 2.60 bits per heavy atom. The normalized spacial score (nSPS) is 21.6. The monoisotopic (exact) mass is 164 g/mol. The van der Waals surface area contributed by atoms with Crippen LogP contribution in [0, 0.1) is 0 Å². The molecule has 1 fully saturated rings. The van der Waals surface area contributed by atoms with Crippen molar-refractivity contribution in [1.29, 1.82) is 0 Å². The van der Waals surface area contributed by atoms with Crippen molar-refractivity contribution in [2.75, 3.05) is 6.54 Å². The molecule has 60 valence electrons. The summed E-state index contributed by atoms with van der Waals surface area (Å²) in [6.07, 6.45) is 2.14. The van der Waals surface area contributed by atoms with Crippen LogP contribution in [-0.2, 0) is 9.78 Å². The number of unbranched alkanes of at least 4 members (excludes halogenated alkanes) is 1. The van der Waals surface area contributed by atoms with Crippen LogP contribution in [0.4, 0.5) is 0 Å². The predicted octanol–water partition coefficient (Wildman–Crippen LogP) is 0.465. The molecule has 0 aromatic heterocycles. The fraction of sp³-hybridized carbons (Fsp3) is 1.00. The van der Waals surface area contributed by atoms with Gasteiger partial charge in [0.15, 0.2) is 0 Å². The van der Waals surface area contributed by atoms with Gasteiger partial charge in [-0.05, 0) is 6.42 Å². The van der Waals surface area contributed by atoms with Gasteiger partial charge in [0, 0.05) is 6.54 Å². The lowest BCUT2D eigenvalue weighted by atomic mass is 10.3. The Balaban J connectivity index is 2.15. The van der Waals surface area contributed by atoms with Crippen molar-refractivity contribution >= 4 is 12.8 Å². The fourth-order valence-electron chi connectivity index (χ4n) is 0.592. The average molecular weight is 164 g/mol. The molecule has 0 aromatic rings. The van der Waals surface area contributed by atoms with E-state index in [4.69, 9.17) is 5.73 Å².